The summed E-state index contributed by atoms with van der Waals surface area (Å²) in [6.45, 7) is 5.29. The fourth-order valence-corrected chi connectivity index (χ4v) is 3.59. The summed E-state index contributed by atoms with van der Waals surface area (Å²) in [5.74, 6) is 0.0914. The Kier molecular flexibility index (Phi) is 6.01. The number of benzene rings is 2. The maximum Gasteiger partial charge on any atom is 0.257 e. The molecule has 3 aromatic rings. The lowest BCUT2D eigenvalue weighted by molar-refractivity contribution is -0.116. The first-order chi connectivity index (χ1) is 13.3. The fourth-order valence-electron chi connectivity index (χ4n) is 2.81. The zero-order chi connectivity index (χ0) is 20.4. The van der Waals surface area contributed by atoms with Gasteiger partial charge in [0.2, 0.25) is 5.91 Å². The molecule has 1 amide bonds. The first-order valence-corrected chi connectivity index (χ1v) is 9.83. The minimum absolute atomic E-state index is 0.158. The average molecular weight is 461 g/mol. The van der Waals surface area contributed by atoms with E-state index in [1.807, 2.05) is 31.2 Å². The van der Waals surface area contributed by atoms with Gasteiger partial charge < -0.3 is 5.32 Å². The number of nitrogens with one attached hydrogen (secondary N) is 1. The van der Waals surface area contributed by atoms with Gasteiger partial charge in [-0.2, -0.15) is 0 Å². The van der Waals surface area contributed by atoms with Gasteiger partial charge in [0.15, 0.2) is 0 Å². The van der Waals surface area contributed by atoms with Gasteiger partial charge in [0.05, 0.1) is 5.69 Å². The lowest BCUT2D eigenvalue weighted by Crippen LogP contribution is -2.31. The van der Waals surface area contributed by atoms with Crippen LogP contribution in [0.4, 0.5) is 5.69 Å². The van der Waals surface area contributed by atoms with Crippen LogP contribution >= 0.6 is 27.5 Å². The fraction of sp³-hybridized carbons (Fsp3) is 0.190. The Morgan fingerprint density at radius 3 is 2.61 bits per heavy atom. The van der Waals surface area contributed by atoms with Crippen molar-refractivity contribution in [1.29, 1.82) is 0 Å². The van der Waals surface area contributed by atoms with Crippen LogP contribution in [0.2, 0.25) is 5.02 Å². The summed E-state index contributed by atoms with van der Waals surface area (Å²) in [4.78, 5) is 30.1. The molecule has 0 aliphatic rings. The lowest BCUT2D eigenvalue weighted by Gasteiger charge is -2.15. The molecule has 0 aliphatic heterocycles. The van der Waals surface area contributed by atoms with Gasteiger partial charge in [-0.05, 0) is 66.5 Å². The number of anilines is 1. The van der Waals surface area contributed by atoms with E-state index in [0.717, 1.165) is 10.0 Å². The number of carbonyl (C=O) groups is 1. The summed E-state index contributed by atoms with van der Waals surface area (Å²) in [5, 5.41) is 3.37. The highest BCUT2D eigenvalue weighted by Crippen LogP contribution is 2.24. The van der Waals surface area contributed by atoms with Gasteiger partial charge in [0, 0.05) is 26.3 Å². The van der Waals surface area contributed by atoms with Crippen LogP contribution in [-0.4, -0.2) is 15.5 Å². The van der Waals surface area contributed by atoms with Crippen LogP contribution in [0.3, 0.4) is 0 Å². The zero-order valence-corrected chi connectivity index (χ0v) is 18.1. The minimum atomic E-state index is -0.319. The van der Waals surface area contributed by atoms with Crippen molar-refractivity contribution >= 4 is 39.1 Å². The standard InChI is InChI=1S/C21H19BrClN3O2/c1-12-7-8-18(17(22)9-12)25-19(27)11-26-20(15-5-4-6-16(23)10-15)24-14(3)13(2)21(26)28/h4-10H,11H2,1-3H3,(H,25,27). The Labute approximate surface area is 176 Å². The molecular weight excluding hydrogens is 442 g/mol. The van der Waals surface area contributed by atoms with E-state index >= 15 is 0 Å². The van der Waals surface area contributed by atoms with Gasteiger partial charge in [-0.15, -0.1) is 0 Å². The van der Waals surface area contributed by atoms with E-state index < -0.39 is 0 Å². The predicted molar refractivity (Wildman–Crippen MR) is 116 cm³/mol. The molecule has 0 saturated carbocycles. The SMILES string of the molecule is Cc1ccc(NC(=O)Cn2c(-c3cccc(Cl)c3)nc(C)c(C)c2=O)c(Br)c1. The van der Waals surface area contributed by atoms with Gasteiger partial charge in [-0.1, -0.05) is 29.8 Å². The maximum atomic E-state index is 12.9. The van der Waals surface area contributed by atoms with Crippen molar-refractivity contribution in [2.75, 3.05) is 5.32 Å². The molecule has 0 spiro atoms. The summed E-state index contributed by atoms with van der Waals surface area (Å²) in [5.41, 5.74) is 3.28. The van der Waals surface area contributed by atoms with Crippen LogP contribution < -0.4 is 10.9 Å². The molecule has 0 saturated heterocycles. The summed E-state index contributed by atoms with van der Waals surface area (Å²) in [6.07, 6.45) is 0. The highest BCUT2D eigenvalue weighted by molar-refractivity contribution is 9.10. The highest BCUT2D eigenvalue weighted by Gasteiger charge is 2.16. The van der Waals surface area contributed by atoms with Crippen molar-refractivity contribution in [2.45, 2.75) is 27.3 Å². The molecule has 0 unspecified atom stereocenters. The van der Waals surface area contributed by atoms with Crippen LogP contribution in [0.15, 0.2) is 51.7 Å². The predicted octanol–water partition coefficient (Wildman–Crippen LogP) is 4.89. The topological polar surface area (TPSA) is 64.0 Å². The van der Waals surface area contributed by atoms with E-state index in [0.29, 0.717) is 33.4 Å². The van der Waals surface area contributed by atoms with Gasteiger partial charge in [0.1, 0.15) is 12.4 Å². The maximum absolute atomic E-state index is 12.9. The monoisotopic (exact) mass is 459 g/mol. The molecule has 2 aromatic carbocycles. The Balaban J connectivity index is 2.00. The van der Waals surface area contributed by atoms with Crippen molar-refractivity contribution in [3.63, 3.8) is 0 Å². The van der Waals surface area contributed by atoms with E-state index in [-0.39, 0.29) is 18.0 Å². The first kappa shape index (κ1) is 20.3. The number of aryl methyl sites for hydroxylation is 2. The smallest absolute Gasteiger partial charge is 0.257 e. The molecule has 1 heterocycles. The summed E-state index contributed by atoms with van der Waals surface area (Å²) >= 11 is 9.55. The van der Waals surface area contributed by atoms with Crippen LogP contribution in [0, 0.1) is 20.8 Å². The molecule has 0 fully saturated rings. The number of hydrogen-bond donors (Lipinski definition) is 1. The van der Waals surface area contributed by atoms with Gasteiger partial charge in [-0.3, -0.25) is 14.2 Å². The minimum Gasteiger partial charge on any atom is -0.324 e. The van der Waals surface area contributed by atoms with E-state index in [1.54, 1.807) is 32.0 Å². The third kappa shape index (κ3) is 4.34. The second-order valence-corrected chi connectivity index (χ2v) is 7.87. The van der Waals surface area contributed by atoms with Crippen LogP contribution in [0.1, 0.15) is 16.8 Å². The Hall–Kier alpha value is -2.44. The number of carbonyl (C=O) groups excluding carboxylic acids is 1. The van der Waals surface area contributed by atoms with Crippen molar-refractivity contribution < 1.29 is 4.79 Å². The summed E-state index contributed by atoms with van der Waals surface area (Å²) < 4.78 is 2.16. The Morgan fingerprint density at radius 1 is 1.18 bits per heavy atom. The van der Waals surface area contributed by atoms with Gasteiger partial charge in [0.25, 0.3) is 5.56 Å². The average Bonchev–Trinajstić information content (AvgIpc) is 2.64. The number of aromatic nitrogens is 2. The van der Waals surface area contributed by atoms with E-state index in [4.69, 9.17) is 11.6 Å². The second kappa shape index (κ2) is 8.29. The normalized spacial score (nSPS) is 10.8. The molecule has 0 aliphatic carbocycles. The highest BCUT2D eigenvalue weighted by atomic mass is 79.9. The molecule has 3 rings (SSSR count). The van der Waals surface area contributed by atoms with Crippen LogP contribution in [0.5, 0.6) is 0 Å². The first-order valence-electron chi connectivity index (χ1n) is 8.66. The molecule has 0 bridgehead atoms. The molecular formula is C21H19BrClN3O2. The Morgan fingerprint density at radius 2 is 1.93 bits per heavy atom. The largest absolute Gasteiger partial charge is 0.324 e. The quantitative estimate of drug-likeness (QED) is 0.603. The van der Waals surface area contributed by atoms with E-state index in [2.05, 4.69) is 26.2 Å². The number of amides is 1. The molecule has 28 heavy (non-hydrogen) atoms. The molecule has 0 atom stereocenters. The summed E-state index contributed by atoms with van der Waals surface area (Å²) in [7, 11) is 0. The molecule has 7 heteroatoms. The number of hydrogen-bond acceptors (Lipinski definition) is 3. The van der Waals surface area contributed by atoms with Crippen LogP contribution in [-0.2, 0) is 11.3 Å². The van der Waals surface area contributed by atoms with Gasteiger partial charge >= 0.3 is 0 Å². The zero-order valence-electron chi connectivity index (χ0n) is 15.7. The van der Waals surface area contributed by atoms with Crippen LogP contribution in [0.25, 0.3) is 11.4 Å². The Bertz CT molecular complexity index is 1130. The number of rotatable bonds is 4. The van der Waals surface area contributed by atoms with Crippen molar-refractivity contribution in [3.8, 4) is 11.4 Å². The number of nitrogens with zero attached hydrogens (tertiary/aromatic N) is 2. The summed E-state index contributed by atoms with van der Waals surface area (Å²) in [6, 6.07) is 12.7. The van der Waals surface area contributed by atoms with E-state index in [9.17, 15) is 9.59 Å². The number of halogens is 2. The van der Waals surface area contributed by atoms with Crippen molar-refractivity contribution in [3.05, 3.63) is 79.1 Å². The third-order valence-electron chi connectivity index (χ3n) is 4.42. The van der Waals surface area contributed by atoms with Crippen molar-refractivity contribution in [1.82, 2.24) is 9.55 Å². The van der Waals surface area contributed by atoms with E-state index in [1.165, 1.54) is 4.57 Å². The van der Waals surface area contributed by atoms with Gasteiger partial charge in [-0.25, -0.2) is 4.98 Å². The third-order valence-corrected chi connectivity index (χ3v) is 5.31. The molecule has 1 N–H and O–H groups in total. The second-order valence-electron chi connectivity index (χ2n) is 6.58. The molecule has 144 valence electrons. The molecule has 1 aromatic heterocycles. The molecule has 0 radical (unpaired) electrons. The van der Waals surface area contributed by atoms with Crippen molar-refractivity contribution in [2.24, 2.45) is 0 Å². The molecule has 5 nitrogen and oxygen atoms in total. The lowest BCUT2D eigenvalue weighted by atomic mass is 10.1.